The predicted octanol–water partition coefficient (Wildman–Crippen LogP) is 8.10. The van der Waals surface area contributed by atoms with Crippen molar-refractivity contribution in [3.05, 3.63) is 126 Å². The molecule has 13 nitrogen and oxygen atoms in total. The van der Waals surface area contributed by atoms with Gasteiger partial charge in [0, 0.05) is 31.9 Å². The van der Waals surface area contributed by atoms with Crippen LogP contribution in [0.2, 0.25) is 0 Å². The Bertz CT molecular complexity index is 2170. The zero-order chi connectivity index (χ0) is 44.8. The predicted molar refractivity (Wildman–Crippen MR) is 236 cm³/mol. The van der Waals surface area contributed by atoms with Crippen molar-refractivity contribution in [2.75, 3.05) is 79.3 Å². The third-order valence-electron chi connectivity index (χ3n) is 9.29. The maximum atomic E-state index is 14.1. The van der Waals surface area contributed by atoms with Crippen molar-refractivity contribution in [1.29, 1.82) is 0 Å². The Hall–Kier alpha value is -6.54. The molecule has 13 heteroatoms. The van der Waals surface area contributed by atoms with E-state index in [9.17, 15) is 19.2 Å². The molecule has 5 rings (SSSR count). The summed E-state index contributed by atoms with van der Waals surface area (Å²) in [6, 6.07) is 35.9. The summed E-state index contributed by atoms with van der Waals surface area (Å²) in [5.41, 5.74) is 8.45. The van der Waals surface area contributed by atoms with Gasteiger partial charge in [0.25, 0.3) is 0 Å². The molecule has 0 saturated heterocycles. The van der Waals surface area contributed by atoms with Crippen molar-refractivity contribution in [3.63, 3.8) is 0 Å². The zero-order valence-electron chi connectivity index (χ0n) is 36.2. The second-order valence-corrected chi connectivity index (χ2v) is 14.1. The number of carbonyl (C=O) groups excluding carboxylic acids is 4. The van der Waals surface area contributed by atoms with Crippen molar-refractivity contribution in [3.8, 4) is 50.6 Å². The lowest BCUT2D eigenvalue weighted by molar-refractivity contribution is -0.143. The molecule has 0 atom stereocenters. The summed E-state index contributed by atoms with van der Waals surface area (Å²) in [4.78, 5) is 47.4. The van der Waals surface area contributed by atoms with E-state index in [1.165, 1.54) is 31.9 Å². The smallest absolute Gasteiger partial charge is 0.302 e. The fourth-order valence-corrected chi connectivity index (χ4v) is 6.16. The highest BCUT2D eigenvalue weighted by Gasteiger charge is 2.21. The number of benzene rings is 5. The second-order valence-electron chi connectivity index (χ2n) is 14.1. The Morgan fingerprint density at radius 2 is 0.667 bits per heavy atom. The Morgan fingerprint density at radius 3 is 1.02 bits per heavy atom. The lowest BCUT2D eigenvalue weighted by atomic mass is 9.96. The van der Waals surface area contributed by atoms with Crippen molar-refractivity contribution >= 4 is 23.7 Å². The maximum Gasteiger partial charge on any atom is 0.302 e. The number of hydrogen-bond acceptors (Lipinski definition) is 13. The number of aryl methyl sites for hydroxylation is 1. The molecule has 0 fully saturated rings. The van der Waals surface area contributed by atoms with Crippen LogP contribution in [-0.4, -0.2) is 103 Å². The van der Waals surface area contributed by atoms with Crippen molar-refractivity contribution in [1.82, 2.24) is 0 Å². The van der Waals surface area contributed by atoms with Crippen LogP contribution in [0.5, 0.6) is 17.2 Å². The first-order chi connectivity index (χ1) is 30.6. The number of rotatable bonds is 26. The average Bonchev–Trinajstić information content (AvgIpc) is 3.28. The number of ketones is 1. The number of ether oxygens (including phenoxy) is 9. The van der Waals surface area contributed by atoms with Crippen LogP contribution in [0, 0.1) is 6.92 Å². The molecule has 5 aromatic carbocycles. The minimum absolute atomic E-state index is 0.0673. The molecule has 0 unspecified atom stereocenters. The summed E-state index contributed by atoms with van der Waals surface area (Å²) in [7, 11) is 0. The van der Waals surface area contributed by atoms with Gasteiger partial charge in [-0.1, -0.05) is 103 Å². The van der Waals surface area contributed by atoms with Gasteiger partial charge >= 0.3 is 17.9 Å². The lowest BCUT2D eigenvalue weighted by Crippen LogP contribution is -2.16. The van der Waals surface area contributed by atoms with E-state index in [1.54, 1.807) is 24.3 Å². The van der Waals surface area contributed by atoms with E-state index < -0.39 is 17.9 Å². The highest BCUT2D eigenvalue weighted by Crippen LogP contribution is 2.40. The van der Waals surface area contributed by atoms with Gasteiger partial charge in [-0.15, -0.1) is 0 Å². The zero-order valence-corrected chi connectivity index (χ0v) is 36.2. The molecule has 63 heavy (non-hydrogen) atoms. The monoisotopic (exact) mass is 862 g/mol. The number of esters is 3. The Kier molecular flexibility index (Phi) is 19.2. The molecule has 0 aromatic heterocycles. The Morgan fingerprint density at radius 1 is 0.365 bits per heavy atom. The number of hydrogen-bond donors (Lipinski definition) is 0. The minimum Gasteiger partial charge on any atom is -0.487 e. The lowest BCUT2D eigenvalue weighted by Gasteiger charge is -2.19. The average molecular weight is 863 g/mol. The molecule has 0 aliphatic carbocycles. The summed E-state index contributed by atoms with van der Waals surface area (Å²) in [5.74, 6) is -0.843. The van der Waals surface area contributed by atoms with Crippen LogP contribution >= 0.6 is 0 Å². The standard InChI is InChI=1S/C50H54O13/c1-35-5-7-39(8-6-35)40-9-11-41(12-10-40)42-13-15-43(16-14-42)44-17-19-45(20-18-44)49(54)46-33-47(61-30-24-55-21-27-58-36(2)51)50(63-32-26-57-23-29-60-38(4)53)48(34-46)62-31-25-56-22-28-59-37(3)52/h5-20,33-34H,21-32H2,1-4H3. The van der Waals surface area contributed by atoms with Gasteiger partial charge in [-0.3, -0.25) is 19.2 Å². The molecular formula is C50H54O13. The Balaban J connectivity index is 1.31. The van der Waals surface area contributed by atoms with Crippen LogP contribution in [0.15, 0.2) is 109 Å². The van der Waals surface area contributed by atoms with Crippen LogP contribution in [-0.2, 0) is 42.8 Å². The number of carbonyl (C=O) groups is 4. The molecule has 0 spiro atoms. The summed E-state index contributed by atoms with van der Waals surface area (Å²) in [5, 5.41) is 0. The van der Waals surface area contributed by atoms with Gasteiger partial charge in [-0.25, -0.2) is 0 Å². The van der Waals surface area contributed by atoms with E-state index in [4.69, 9.17) is 42.6 Å². The van der Waals surface area contributed by atoms with Crippen LogP contribution in [0.3, 0.4) is 0 Å². The Labute approximate surface area is 368 Å². The van der Waals surface area contributed by atoms with Crippen LogP contribution in [0.25, 0.3) is 33.4 Å². The third-order valence-corrected chi connectivity index (χ3v) is 9.29. The minimum atomic E-state index is -0.406. The molecule has 332 valence electrons. The van der Waals surface area contributed by atoms with E-state index in [1.807, 2.05) is 12.1 Å². The highest BCUT2D eigenvalue weighted by atomic mass is 16.6. The van der Waals surface area contributed by atoms with Gasteiger partial charge in [0.2, 0.25) is 5.75 Å². The molecule has 0 heterocycles. The molecule has 0 amide bonds. The fraction of sp³-hybridized carbons (Fsp3) is 0.320. The molecule has 5 aromatic rings. The largest absolute Gasteiger partial charge is 0.487 e. The van der Waals surface area contributed by atoms with E-state index in [-0.39, 0.29) is 108 Å². The SMILES string of the molecule is CC(=O)OCCOCCOc1cc(C(=O)c2ccc(-c3ccc(-c4ccc(-c5ccc(C)cc5)cc4)cc3)cc2)cc(OCCOCCOC(C)=O)c1OCCOCCOC(C)=O. The normalized spacial score (nSPS) is 10.8. The first-order valence-corrected chi connectivity index (χ1v) is 20.7. The summed E-state index contributed by atoms with van der Waals surface area (Å²) >= 11 is 0. The van der Waals surface area contributed by atoms with Crippen LogP contribution < -0.4 is 14.2 Å². The van der Waals surface area contributed by atoms with E-state index in [2.05, 4.69) is 79.7 Å². The first kappa shape index (κ1) is 47.5. The van der Waals surface area contributed by atoms with Gasteiger partial charge in [0.05, 0.1) is 39.6 Å². The summed E-state index contributed by atoms with van der Waals surface area (Å²) < 4.78 is 49.8. The summed E-state index contributed by atoms with van der Waals surface area (Å²) in [6.45, 7) is 7.49. The fourth-order valence-electron chi connectivity index (χ4n) is 6.16. The topological polar surface area (TPSA) is 151 Å². The van der Waals surface area contributed by atoms with Crippen molar-refractivity contribution in [2.24, 2.45) is 0 Å². The van der Waals surface area contributed by atoms with E-state index >= 15 is 0 Å². The molecule has 0 bridgehead atoms. The van der Waals surface area contributed by atoms with E-state index in [0.717, 1.165) is 27.8 Å². The van der Waals surface area contributed by atoms with E-state index in [0.29, 0.717) is 5.56 Å². The van der Waals surface area contributed by atoms with Gasteiger partial charge < -0.3 is 42.6 Å². The van der Waals surface area contributed by atoms with Crippen molar-refractivity contribution in [2.45, 2.75) is 27.7 Å². The highest BCUT2D eigenvalue weighted by molar-refractivity contribution is 6.10. The van der Waals surface area contributed by atoms with Crippen LogP contribution in [0.4, 0.5) is 0 Å². The van der Waals surface area contributed by atoms with Gasteiger partial charge in [-0.2, -0.15) is 0 Å². The van der Waals surface area contributed by atoms with Gasteiger partial charge in [0.15, 0.2) is 17.3 Å². The first-order valence-electron chi connectivity index (χ1n) is 20.7. The molecule has 0 aliphatic rings. The van der Waals surface area contributed by atoms with Crippen LogP contribution in [0.1, 0.15) is 42.3 Å². The molecule has 0 N–H and O–H groups in total. The molecule has 0 radical (unpaired) electrons. The van der Waals surface area contributed by atoms with Gasteiger partial charge in [-0.05, 0) is 52.4 Å². The van der Waals surface area contributed by atoms with Gasteiger partial charge in [0.1, 0.15) is 39.6 Å². The molecule has 0 aliphatic heterocycles. The molecule has 0 saturated carbocycles. The second kappa shape index (κ2) is 25.4. The molecular weight excluding hydrogens is 809 g/mol. The quantitative estimate of drug-likeness (QED) is 0.0228. The summed E-state index contributed by atoms with van der Waals surface area (Å²) in [6.07, 6.45) is 0. The third kappa shape index (κ3) is 16.0. The maximum absolute atomic E-state index is 14.1. The van der Waals surface area contributed by atoms with Crippen molar-refractivity contribution < 1.29 is 61.8 Å².